The predicted octanol–water partition coefficient (Wildman–Crippen LogP) is 0.741. The third-order valence-electron chi connectivity index (χ3n) is 5.96. The van der Waals surface area contributed by atoms with Gasteiger partial charge in [0.2, 0.25) is 11.8 Å². The van der Waals surface area contributed by atoms with Gasteiger partial charge in [-0.3, -0.25) is 14.5 Å². The van der Waals surface area contributed by atoms with E-state index in [9.17, 15) is 9.59 Å². The fourth-order valence-electron chi connectivity index (χ4n) is 4.21. The van der Waals surface area contributed by atoms with E-state index >= 15 is 0 Å². The van der Waals surface area contributed by atoms with E-state index in [-0.39, 0.29) is 42.5 Å². The highest BCUT2D eigenvalue weighted by molar-refractivity contribution is 5.85. The van der Waals surface area contributed by atoms with Crippen molar-refractivity contribution in [2.24, 2.45) is 11.7 Å². The lowest BCUT2D eigenvalue weighted by molar-refractivity contribution is -0.145. The maximum absolute atomic E-state index is 12.9. The molecule has 158 valence electrons. The number of rotatable bonds is 3. The molecule has 1 saturated carbocycles. The number of morpholine rings is 1. The van der Waals surface area contributed by atoms with Crippen molar-refractivity contribution < 1.29 is 14.3 Å². The minimum absolute atomic E-state index is 0. The molecule has 3 rings (SSSR count). The van der Waals surface area contributed by atoms with Crippen molar-refractivity contribution in [3.63, 3.8) is 0 Å². The normalized spacial score (nSPS) is 29.5. The number of piperazine rings is 1. The maximum Gasteiger partial charge on any atom is 0.236 e. The molecule has 0 aromatic carbocycles. The number of hydrogen-bond donors (Lipinski definition) is 1. The molecule has 2 saturated heterocycles. The lowest BCUT2D eigenvalue weighted by Gasteiger charge is -2.42. The molecule has 1 aliphatic carbocycles. The van der Waals surface area contributed by atoms with Gasteiger partial charge in [0.25, 0.3) is 0 Å². The van der Waals surface area contributed by atoms with Crippen LogP contribution in [0.2, 0.25) is 0 Å². The number of hydrogen-bond acceptors (Lipinski definition) is 5. The molecule has 0 radical (unpaired) electrons. The third kappa shape index (κ3) is 6.19. The molecular weight excluding hydrogens is 391 g/mol. The van der Waals surface area contributed by atoms with E-state index in [1.165, 1.54) is 0 Å². The lowest BCUT2D eigenvalue weighted by Crippen LogP contribution is -2.58. The second-order valence-corrected chi connectivity index (χ2v) is 7.90. The molecule has 0 spiro atoms. The molecule has 27 heavy (non-hydrogen) atoms. The van der Waals surface area contributed by atoms with E-state index in [1.807, 2.05) is 16.7 Å². The van der Waals surface area contributed by atoms with Crippen LogP contribution in [0.1, 0.15) is 32.6 Å². The van der Waals surface area contributed by atoms with Gasteiger partial charge in [-0.25, -0.2) is 0 Å². The van der Waals surface area contributed by atoms with Crippen LogP contribution in [0.3, 0.4) is 0 Å². The molecule has 3 aliphatic rings. The molecule has 2 N–H and O–H groups in total. The number of nitrogens with two attached hydrogens (primary N) is 1. The first-order valence-electron chi connectivity index (χ1n) is 9.63. The highest BCUT2D eigenvalue weighted by Crippen LogP contribution is 2.33. The summed E-state index contributed by atoms with van der Waals surface area (Å²) in [6.45, 7) is 8.02. The van der Waals surface area contributed by atoms with E-state index in [0.29, 0.717) is 45.9 Å². The summed E-state index contributed by atoms with van der Waals surface area (Å²) in [6, 6.07) is 0. The average molecular weight is 425 g/mol. The first kappa shape index (κ1) is 24.4. The van der Waals surface area contributed by atoms with E-state index < -0.39 is 5.54 Å². The smallest absolute Gasteiger partial charge is 0.236 e. The van der Waals surface area contributed by atoms with Crippen molar-refractivity contribution in [2.45, 2.75) is 38.1 Å². The largest absolute Gasteiger partial charge is 0.379 e. The van der Waals surface area contributed by atoms with Crippen LogP contribution in [0, 0.1) is 5.92 Å². The van der Waals surface area contributed by atoms with Crippen LogP contribution >= 0.6 is 24.8 Å². The minimum atomic E-state index is -0.390. The zero-order valence-corrected chi connectivity index (χ0v) is 17.9. The average Bonchev–Trinajstić information content (AvgIpc) is 2.62. The van der Waals surface area contributed by atoms with Crippen molar-refractivity contribution in [1.29, 1.82) is 0 Å². The molecule has 2 heterocycles. The number of amides is 2. The second kappa shape index (κ2) is 10.8. The molecule has 0 aromatic heterocycles. The Labute approximate surface area is 174 Å². The number of nitrogens with zero attached hydrogens (tertiary/aromatic N) is 3. The van der Waals surface area contributed by atoms with Crippen LogP contribution in [0.4, 0.5) is 0 Å². The Hall–Kier alpha value is -0.600. The lowest BCUT2D eigenvalue weighted by atomic mass is 9.74. The highest BCUT2D eigenvalue weighted by atomic mass is 35.5. The molecule has 7 nitrogen and oxygen atoms in total. The quantitative estimate of drug-likeness (QED) is 0.722. The minimum Gasteiger partial charge on any atom is -0.379 e. The Balaban J connectivity index is 0.00000182. The molecular formula is C18H34Cl2N4O3. The summed E-state index contributed by atoms with van der Waals surface area (Å²) in [5, 5.41) is 0. The van der Waals surface area contributed by atoms with Gasteiger partial charge < -0.3 is 20.3 Å². The molecule has 2 atom stereocenters. The van der Waals surface area contributed by atoms with E-state index in [4.69, 9.17) is 10.5 Å². The summed E-state index contributed by atoms with van der Waals surface area (Å²) in [5.41, 5.74) is 5.99. The molecule has 2 aliphatic heterocycles. The highest BCUT2D eigenvalue weighted by Gasteiger charge is 2.40. The standard InChI is InChI=1S/C18H32N4O3.2ClH/c1-18(19)5-3-2-4-15(18)17(24)22-8-6-21(7-9-22)16(23)14-20-10-12-25-13-11-20;;/h15H,2-14,19H2,1H3;2*1H. The Bertz CT molecular complexity index is 493. The van der Waals surface area contributed by atoms with E-state index in [1.54, 1.807) is 0 Å². The molecule has 2 unspecified atom stereocenters. The number of halogens is 2. The molecule has 9 heteroatoms. The second-order valence-electron chi connectivity index (χ2n) is 7.90. The van der Waals surface area contributed by atoms with Crippen molar-refractivity contribution in [1.82, 2.24) is 14.7 Å². The van der Waals surface area contributed by atoms with Gasteiger partial charge in [-0.1, -0.05) is 12.8 Å². The monoisotopic (exact) mass is 424 g/mol. The van der Waals surface area contributed by atoms with Crippen molar-refractivity contribution >= 4 is 36.6 Å². The summed E-state index contributed by atoms with van der Waals surface area (Å²) < 4.78 is 5.32. The Morgan fingerprint density at radius 2 is 1.59 bits per heavy atom. The fourth-order valence-corrected chi connectivity index (χ4v) is 4.21. The van der Waals surface area contributed by atoms with E-state index in [0.717, 1.165) is 38.8 Å². The summed E-state index contributed by atoms with van der Waals surface area (Å²) >= 11 is 0. The van der Waals surface area contributed by atoms with Crippen LogP contribution in [-0.4, -0.2) is 91.1 Å². The Kier molecular flexibility index (Phi) is 9.79. The van der Waals surface area contributed by atoms with Crippen molar-refractivity contribution in [2.75, 3.05) is 59.0 Å². The van der Waals surface area contributed by atoms with Crippen LogP contribution < -0.4 is 5.73 Å². The first-order valence-corrected chi connectivity index (χ1v) is 9.63. The zero-order chi connectivity index (χ0) is 17.9. The van der Waals surface area contributed by atoms with Gasteiger partial charge in [0.05, 0.1) is 25.7 Å². The fraction of sp³-hybridized carbons (Fsp3) is 0.889. The van der Waals surface area contributed by atoms with Crippen LogP contribution in [0.15, 0.2) is 0 Å². The summed E-state index contributed by atoms with van der Waals surface area (Å²) in [6.07, 6.45) is 4.01. The van der Waals surface area contributed by atoms with Gasteiger partial charge in [0.15, 0.2) is 0 Å². The number of carbonyl (C=O) groups excluding carboxylic acids is 2. The summed E-state index contributed by atoms with van der Waals surface area (Å²) in [7, 11) is 0. The predicted molar refractivity (Wildman–Crippen MR) is 109 cm³/mol. The third-order valence-corrected chi connectivity index (χ3v) is 5.96. The molecule has 3 fully saturated rings. The molecule has 2 amide bonds. The molecule has 0 aromatic rings. The van der Waals surface area contributed by atoms with Crippen LogP contribution in [-0.2, 0) is 14.3 Å². The number of ether oxygens (including phenoxy) is 1. The Morgan fingerprint density at radius 1 is 1.00 bits per heavy atom. The van der Waals surface area contributed by atoms with Gasteiger partial charge in [-0.05, 0) is 19.8 Å². The maximum atomic E-state index is 12.9. The van der Waals surface area contributed by atoms with Gasteiger partial charge in [0, 0.05) is 44.8 Å². The van der Waals surface area contributed by atoms with Gasteiger partial charge >= 0.3 is 0 Å². The van der Waals surface area contributed by atoms with E-state index in [2.05, 4.69) is 4.90 Å². The number of carbonyl (C=O) groups is 2. The summed E-state index contributed by atoms with van der Waals surface area (Å²) in [4.78, 5) is 31.3. The van der Waals surface area contributed by atoms with Crippen LogP contribution in [0.25, 0.3) is 0 Å². The van der Waals surface area contributed by atoms with Gasteiger partial charge in [-0.2, -0.15) is 0 Å². The molecule has 0 bridgehead atoms. The SMILES string of the molecule is CC1(N)CCCCC1C(=O)N1CCN(C(=O)CN2CCOCC2)CC1.Cl.Cl. The van der Waals surface area contributed by atoms with Crippen molar-refractivity contribution in [3.8, 4) is 0 Å². The topological polar surface area (TPSA) is 79.1 Å². The van der Waals surface area contributed by atoms with Gasteiger partial charge in [-0.15, -0.1) is 24.8 Å². The van der Waals surface area contributed by atoms with Gasteiger partial charge in [0.1, 0.15) is 0 Å². The Morgan fingerprint density at radius 3 is 2.19 bits per heavy atom. The first-order chi connectivity index (χ1) is 12.0. The van der Waals surface area contributed by atoms with Crippen LogP contribution in [0.5, 0.6) is 0 Å². The zero-order valence-electron chi connectivity index (χ0n) is 16.2. The van der Waals surface area contributed by atoms with Crippen molar-refractivity contribution in [3.05, 3.63) is 0 Å². The summed E-state index contributed by atoms with van der Waals surface area (Å²) in [5.74, 6) is 0.275.